The molecule has 1 unspecified atom stereocenters. The number of ether oxygens (including phenoxy) is 1. The molecule has 2 rings (SSSR count). The third-order valence-electron chi connectivity index (χ3n) is 3.61. The van der Waals surface area contributed by atoms with Crippen molar-refractivity contribution in [3.63, 3.8) is 0 Å². The average Bonchev–Trinajstić information content (AvgIpc) is 2.47. The number of nitrogens with zero attached hydrogens (tertiary/aromatic N) is 5. The molecule has 112 valence electrons. The Kier molecular flexibility index (Phi) is 4.94. The molecule has 1 fully saturated rings. The molecule has 0 aromatic carbocycles. The zero-order valence-electron chi connectivity index (χ0n) is 12.5. The van der Waals surface area contributed by atoms with E-state index in [2.05, 4.69) is 38.6 Å². The van der Waals surface area contributed by atoms with E-state index in [4.69, 9.17) is 10.5 Å². The van der Waals surface area contributed by atoms with Crippen molar-refractivity contribution >= 4 is 17.8 Å². The van der Waals surface area contributed by atoms with Crippen LogP contribution in [0.5, 0.6) is 0 Å². The molecule has 1 aliphatic rings. The molecular weight excluding hydrogens is 256 g/mol. The molecule has 0 aliphatic carbocycles. The Balaban J connectivity index is 2.19. The van der Waals surface area contributed by atoms with Crippen molar-refractivity contribution in [3.8, 4) is 0 Å². The van der Waals surface area contributed by atoms with E-state index < -0.39 is 0 Å². The van der Waals surface area contributed by atoms with Gasteiger partial charge in [0.05, 0.1) is 13.2 Å². The van der Waals surface area contributed by atoms with Crippen molar-refractivity contribution in [1.29, 1.82) is 0 Å². The lowest BCUT2D eigenvalue weighted by atomic mass is 10.2. The van der Waals surface area contributed by atoms with E-state index in [1.807, 2.05) is 7.05 Å². The number of aromatic nitrogens is 3. The van der Waals surface area contributed by atoms with E-state index in [1.165, 1.54) is 0 Å². The number of hydrogen-bond donors (Lipinski definition) is 1. The van der Waals surface area contributed by atoms with Gasteiger partial charge in [-0.15, -0.1) is 0 Å². The minimum Gasteiger partial charge on any atom is -0.378 e. The van der Waals surface area contributed by atoms with Crippen molar-refractivity contribution < 1.29 is 4.74 Å². The third-order valence-corrected chi connectivity index (χ3v) is 3.61. The fourth-order valence-corrected chi connectivity index (χ4v) is 2.24. The van der Waals surface area contributed by atoms with E-state index in [1.54, 1.807) is 0 Å². The van der Waals surface area contributed by atoms with Gasteiger partial charge in [0.25, 0.3) is 0 Å². The van der Waals surface area contributed by atoms with Crippen molar-refractivity contribution in [2.24, 2.45) is 0 Å². The van der Waals surface area contributed by atoms with E-state index in [9.17, 15) is 0 Å². The highest BCUT2D eigenvalue weighted by Crippen LogP contribution is 2.18. The van der Waals surface area contributed by atoms with Crippen LogP contribution in [0.4, 0.5) is 17.8 Å². The Morgan fingerprint density at radius 3 is 2.65 bits per heavy atom. The Labute approximate surface area is 120 Å². The largest absolute Gasteiger partial charge is 0.378 e. The van der Waals surface area contributed by atoms with E-state index in [0.29, 0.717) is 31.2 Å². The van der Waals surface area contributed by atoms with Crippen LogP contribution in [0.1, 0.15) is 26.7 Å². The zero-order chi connectivity index (χ0) is 14.5. The topological polar surface area (TPSA) is 80.4 Å². The standard InChI is InChI=1S/C13H24N6O/c1-4-5-10(2)18(3)12-15-11(14)16-13(17-12)19-6-8-20-9-7-19/h10H,4-9H2,1-3H3,(H2,14,15,16,17). The fraction of sp³-hybridized carbons (Fsp3) is 0.769. The van der Waals surface area contributed by atoms with Crippen molar-refractivity contribution in [2.45, 2.75) is 32.7 Å². The quantitative estimate of drug-likeness (QED) is 0.858. The molecule has 1 saturated heterocycles. The molecule has 0 radical (unpaired) electrons. The lowest BCUT2D eigenvalue weighted by Gasteiger charge is -2.29. The van der Waals surface area contributed by atoms with Gasteiger partial charge in [0.15, 0.2) is 0 Å². The van der Waals surface area contributed by atoms with Crippen LogP contribution in [0.15, 0.2) is 0 Å². The van der Waals surface area contributed by atoms with Crippen molar-refractivity contribution in [2.75, 3.05) is 48.9 Å². The molecule has 1 aromatic rings. The Morgan fingerprint density at radius 1 is 1.30 bits per heavy atom. The van der Waals surface area contributed by atoms with Gasteiger partial charge in [0, 0.05) is 26.2 Å². The molecule has 20 heavy (non-hydrogen) atoms. The lowest BCUT2D eigenvalue weighted by Crippen LogP contribution is -2.38. The summed E-state index contributed by atoms with van der Waals surface area (Å²) in [6.45, 7) is 7.31. The first-order valence-electron chi connectivity index (χ1n) is 7.19. The minimum atomic E-state index is 0.270. The molecule has 7 heteroatoms. The summed E-state index contributed by atoms with van der Waals surface area (Å²) in [5.41, 5.74) is 5.83. The van der Waals surface area contributed by atoms with E-state index in [-0.39, 0.29) is 5.95 Å². The number of nitrogen functional groups attached to an aromatic ring is 1. The van der Waals surface area contributed by atoms with Gasteiger partial charge in [-0.05, 0) is 13.3 Å². The number of anilines is 3. The molecule has 0 saturated carbocycles. The van der Waals surface area contributed by atoms with Crippen molar-refractivity contribution in [1.82, 2.24) is 15.0 Å². The van der Waals surface area contributed by atoms with Crippen LogP contribution in [0.25, 0.3) is 0 Å². The highest BCUT2D eigenvalue weighted by molar-refractivity contribution is 5.43. The second-order valence-electron chi connectivity index (χ2n) is 5.14. The SMILES string of the molecule is CCCC(C)N(C)c1nc(N)nc(N2CCOCC2)n1. The Bertz CT molecular complexity index is 435. The summed E-state index contributed by atoms with van der Waals surface area (Å²) in [4.78, 5) is 17.2. The molecule has 7 nitrogen and oxygen atoms in total. The van der Waals surface area contributed by atoms with Crippen molar-refractivity contribution in [3.05, 3.63) is 0 Å². The Morgan fingerprint density at radius 2 is 2.00 bits per heavy atom. The maximum absolute atomic E-state index is 5.83. The predicted octanol–water partition coefficient (Wildman–Crippen LogP) is 0.915. The molecule has 0 amide bonds. The summed E-state index contributed by atoms with van der Waals surface area (Å²) in [6.07, 6.45) is 2.22. The molecule has 0 bridgehead atoms. The normalized spacial score (nSPS) is 17.1. The highest BCUT2D eigenvalue weighted by Gasteiger charge is 2.18. The number of rotatable bonds is 5. The van der Waals surface area contributed by atoms with E-state index in [0.717, 1.165) is 25.9 Å². The van der Waals surface area contributed by atoms with Gasteiger partial charge in [0.1, 0.15) is 0 Å². The Hall–Kier alpha value is -1.63. The highest BCUT2D eigenvalue weighted by atomic mass is 16.5. The summed E-state index contributed by atoms with van der Waals surface area (Å²) in [6, 6.07) is 0.374. The van der Waals surface area contributed by atoms with Crippen LogP contribution in [-0.4, -0.2) is 54.3 Å². The summed E-state index contributed by atoms with van der Waals surface area (Å²) in [7, 11) is 2.00. The molecule has 2 heterocycles. The van der Waals surface area contributed by atoms with Crippen LogP contribution in [0, 0.1) is 0 Å². The number of nitrogens with two attached hydrogens (primary N) is 1. The molecular formula is C13H24N6O. The maximum atomic E-state index is 5.83. The fourth-order valence-electron chi connectivity index (χ4n) is 2.24. The first-order valence-corrected chi connectivity index (χ1v) is 7.19. The molecule has 1 atom stereocenters. The second kappa shape index (κ2) is 6.69. The summed E-state index contributed by atoms with van der Waals surface area (Å²) in [5.74, 6) is 1.55. The lowest BCUT2D eigenvalue weighted by molar-refractivity contribution is 0.122. The molecule has 1 aromatic heterocycles. The van der Waals surface area contributed by atoms with Gasteiger partial charge in [-0.1, -0.05) is 13.3 Å². The summed E-state index contributed by atoms with van der Waals surface area (Å²) >= 11 is 0. The van der Waals surface area contributed by atoms with Gasteiger partial charge in [-0.2, -0.15) is 15.0 Å². The van der Waals surface area contributed by atoms with Crippen LogP contribution in [-0.2, 0) is 4.74 Å². The van der Waals surface area contributed by atoms with E-state index >= 15 is 0 Å². The average molecular weight is 280 g/mol. The second-order valence-corrected chi connectivity index (χ2v) is 5.14. The summed E-state index contributed by atoms with van der Waals surface area (Å²) in [5, 5.41) is 0. The molecule has 2 N–H and O–H groups in total. The van der Waals surface area contributed by atoms with Crippen LogP contribution in [0.3, 0.4) is 0 Å². The summed E-state index contributed by atoms with van der Waals surface area (Å²) < 4.78 is 5.34. The van der Waals surface area contributed by atoms with Crippen LogP contribution >= 0.6 is 0 Å². The van der Waals surface area contributed by atoms with Gasteiger partial charge in [-0.25, -0.2) is 0 Å². The monoisotopic (exact) mass is 280 g/mol. The van der Waals surface area contributed by atoms with Gasteiger partial charge in [-0.3, -0.25) is 0 Å². The minimum absolute atomic E-state index is 0.270. The third kappa shape index (κ3) is 3.47. The molecule has 0 spiro atoms. The first kappa shape index (κ1) is 14.8. The smallest absolute Gasteiger partial charge is 0.232 e. The first-order chi connectivity index (χ1) is 9.61. The number of hydrogen-bond acceptors (Lipinski definition) is 7. The van der Waals surface area contributed by atoms with Gasteiger partial charge >= 0.3 is 0 Å². The van der Waals surface area contributed by atoms with Gasteiger partial charge < -0.3 is 20.3 Å². The predicted molar refractivity (Wildman–Crippen MR) is 80.0 cm³/mol. The number of morpholine rings is 1. The zero-order valence-corrected chi connectivity index (χ0v) is 12.5. The maximum Gasteiger partial charge on any atom is 0.232 e. The van der Waals surface area contributed by atoms with Crippen LogP contribution < -0.4 is 15.5 Å². The molecule has 1 aliphatic heterocycles. The van der Waals surface area contributed by atoms with Crippen LogP contribution in [0.2, 0.25) is 0 Å². The van der Waals surface area contributed by atoms with Gasteiger partial charge in [0.2, 0.25) is 17.8 Å².